The van der Waals surface area contributed by atoms with Gasteiger partial charge in [-0.05, 0) is 62.9 Å². The summed E-state index contributed by atoms with van der Waals surface area (Å²) in [6, 6.07) is 8.97. The highest BCUT2D eigenvalue weighted by Crippen LogP contribution is 2.62. The minimum Gasteiger partial charge on any atom is -0.484 e. The first kappa shape index (κ1) is 26.7. The molecule has 7 rings (SSSR count). The molecule has 0 aromatic heterocycles. The lowest BCUT2D eigenvalue weighted by molar-refractivity contribution is -0.153. The summed E-state index contributed by atoms with van der Waals surface area (Å²) in [5.74, 6) is -4.86. The molecule has 0 saturated heterocycles. The van der Waals surface area contributed by atoms with Crippen molar-refractivity contribution in [2.24, 2.45) is 5.41 Å². The Balaban J connectivity index is 1.05. The molecule has 1 aliphatic heterocycles. The van der Waals surface area contributed by atoms with Crippen molar-refractivity contribution in [3.63, 3.8) is 0 Å². The third kappa shape index (κ3) is 4.34. The van der Waals surface area contributed by atoms with Gasteiger partial charge in [-0.1, -0.05) is 17.7 Å². The number of alkyl halides is 2. The molecular formula is C28H27ClF3N3O5. The van der Waals surface area contributed by atoms with Crippen LogP contribution in [-0.4, -0.2) is 54.0 Å². The zero-order chi connectivity index (χ0) is 28.7. The summed E-state index contributed by atoms with van der Waals surface area (Å²) in [4.78, 5) is 40.1. The minimum atomic E-state index is -3.09. The molecule has 8 nitrogen and oxygen atoms in total. The van der Waals surface area contributed by atoms with Gasteiger partial charge in [-0.2, -0.15) is 0 Å². The zero-order valence-corrected chi connectivity index (χ0v) is 22.5. The lowest BCUT2D eigenvalue weighted by atomic mass is 9.44. The third-order valence-corrected chi connectivity index (χ3v) is 8.68. The van der Waals surface area contributed by atoms with Crippen LogP contribution >= 0.6 is 11.6 Å². The fraction of sp³-hybridized carbons (Fsp3) is 0.464. The molecule has 0 radical (unpaired) electrons. The Bertz CT molecular complexity index is 1430. The average Bonchev–Trinajstić information content (AvgIpc) is 3.39. The van der Waals surface area contributed by atoms with E-state index in [1.165, 1.54) is 24.0 Å². The third-order valence-electron chi connectivity index (χ3n) is 8.37. The van der Waals surface area contributed by atoms with E-state index in [-0.39, 0.29) is 35.6 Å². The quantitative estimate of drug-likeness (QED) is 0.520. The molecule has 2 N–H and O–H groups in total. The van der Waals surface area contributed by atoms with Gasteiger partial charge in [-0.15, -0.1) is 0 Å². The van der Waals surface area contributed by atoms with Crippen LogP contribution in [0.1, 0.15) is 38.2 Å². The Kier molecular flexibility index (Phi) is 5.86. The maximum absolute atomic E-state index is 14.1. The molecule has 1 heterocycles. The first-order chi connectivity index (χ1) is 18.7. The predicted octanol–water partition coefficient (Wildman–Crippen LogP) is 3.91. The minimum absolute atomic E-state index is 0.0472. The molecule has 0 spiro atoms. The van der Waals surface area contributed by atoms with E-state index in [1.807, 2.05) is 6.92 Å². The highest BCUT2D eigenvalue weighted by Gasteiger charge is 2.74. The largest absolute Gasteiger partial charge is 0.484 e. The van der Waals surface area contributed by atoms with Crippen LogP contribution in [0.4, 0.5) is 18.9 Å². The van der Waals surface area contributed by atoms with E-state index in [2.05, 4.69) is 10.6 Å². The summed E-state index contributed by atoms with van der Waals surface area (Å²) in [5.41, 5.74) is -1.61. The van der Waals surface area contributed by atoms with Crippen molar-refractivity contribution in [3.8, 4) is 11.5 Å². The van der Waals surface area contributed by atoms with Gasteiger partial charge >= 0.3 is 0 Å². The average molecular weight is 578 g/mol. The van der Waals surface area contributed by atoms with Crippen LogP contribution < -0.4 is 25.0 Å². The number of amides is 3. The summed E-state index contributed by atoms with van der Waals surface area (Å²) in [6.07, 6.45) is -0.108. The molecule has 12 heteroatoms. The number of halogens is 4. The number of hydrogen-bond donors (Lipinski definition) is 2. The number of carbonyl (C=O) groups excluding carboxylic acids is 3. The van der Waals surface area contributed by atoms with Gasteiger partial charge in [0.2, 0.25) is 5.91 Å². The van der Waals surface area contributed by atoms with Crippen LogP contribution in [-0.2, 0) is 14.4 Å². The Labute approximate surface area is 233 Å². The first-order valence-corrected chi connectivity index (χ1v) is 13.3. The van der Waals surface area contributed by atoms with Crippen LogP contribution in [0.25, 0.3) is 0 Å². The van der Waals surface area contributed by atoms with Gasteiger partial charge in [0.15, 0.2) is 12.7 Å². The molecule has 5 aliphatic rings. The number of carbonyl (C=O) groups is 3. The van der Waals surface area contributed by atoms with Crippen LogP contribution in [0.5, 0.6) is 11.5 Å². The Morgan fingerprint density at radius 3 is 2.40 bits per heavy atom. The van der Waals surface area contributed by atoms with Crippen molar-refractivity contribution in [3.05, 3.63) is 52.8 Å². The van der Waals surface area contributed by atoms with Gasteiger partial charge in [0, 0.05) is 23.6 Å². The topological polar surface area (TPSA) is 97.0 Å². The van der Waals surface area contributed by atoms with Crippen molar-refractivity contribution in [1.82, 2.24) is 10.6 Å². The normalized spacial score (nSPS) is 30.6. The number of hydrogen-bond acceptors (Lipinski definition) is 5. The molecule has 2 aromatic rings. The van der Waals surface area contributed by atoms with Gasteiger partial charge < -0.3 is 25.0 Å². The number of aryl methyl sites for hydroxylation is 1. The van der Waals surface area contributed by atoms with Gasteiger partial charge in [0.25, 0.3) is 17.7 Å². The predicted molar refractivity (Wildman–Crippen MR) is 138 cm³/mol. The summed E-state index contributed by atoms with van der Waals surface area (Å²) < 4.78 is 52.9. The smallest absolute Gasteiger partial charge is 0.263 e. The summed E-state index contributed by atoms with van der Waals surface area (Å²) in [5, 5.41) is 5.85. The molecule has 2 bridgehead atoms. The highest BCUT2D eigenvalue weighted by atomic mass is 35.5. The SMILES string of the molecule is Cc1ccc2c(c1)N(C(=O)C1(C)CC1(F)F)CC(C(=O)NC13CC(NC(=O)COc4ccc(Cl)c(F)c4)(C1)C3)O2. The van der Waals surface area contributed by atoms with E-state index in [9.17, 15) is 27.6 Å². The van der Waals surface area contributed by atoms with Crippen LogP contribution in [0.15, 0.2) is 36.4 Å². The lowest BCUT2D eigenvalue weighted by Gasteiger charge is -2.70. The number of ether oxygens (including phenoxy) is 2. The second-order valence-corrected chi connectivity index (χ2v) is 12.1. The zero-order valence-electron chi connectivity index (χ0n) is 21.8. The number of rotatable bonds is 7. The number of nitrogens with one attached hydrogen (secondary N) is 2. The molecule has 2 unspecified atom stereocenters. The second-order valence-electron chi connectivity index (χ2n) is 11.7. The van der Waals surface area contributed by atoms with Gasteiger partial charge in [0.1, 0.15) is 22.7 Å². The standard InChI is InChI=1S/C28H27ClF3N3O5/c1-15-3-6-20-19(7-15)35(24(38)25(2)11-28(25,31)32)9-21(40-20)23(37)34-27-12-26(13-27,14-27)33-22(36)10-39-16-4-5-17(29)18(30)8-16/h3-8,21H,9-14H2,1-2H3,(H,33,36)(H,34,37). The van der Waals surface area contributed by atoms with Crippen LogP contribution in [0, 0.1) is 18.2 Å². The Hall–Kier alpha value is -3.47. The number of anilines is 1. The molecular weight excluding hydrogens is 551 g/mol. The fourth-order valence-corrected chi connectivity index (χ4v) is 6.21. The van der Waals surface area contributed by atoms with E-state index < -0.39 is 52.6 Å². The van der Waals surface area contributed by atoms with Crippen molar-refractivity contribution in [2.45, 2.75) is 62.6 Å². The van der Waals surface area contributed by atoms with E-state index in [0.29, 0.717) is 24.9 Å². The van der Waals surface area contributed by atoms with Crippen molar-refractivity contribution in [1.29, 1.82) is 0 Å². The molecule has 4 saturated carbocycles. The van der Waals surface area contributed by atoms with Gasteiger partial charge in [0.05, 0.1) is 17.3 Å². The maximum Gasteiger partial charge on any atom is 0.263 e. The molecule has 3 amide bonds. The number of fused-ring (bicyclic) bond motifs is 1. The maximum atomic E-state index is 14.1. The van der Waals surface area contributed by atoms with Gasteiger partial charge in [-0.3, -0.25) is 14.4 Å². The molecule has 4 fully saturated rings. The van der Waals surface area contributed by atoms with Crippen LogP contribution in [0.3, 0.4) is 0 Å². The van der Waals surface area contributed by atoms with Crippen molar-refractivity contribution < 1.29 is 37.0 Å². The van der Waals surface area contributed by atoms with Gasteiger partial charge in [-0.25, -0.2) is 13.2 Å². The fourth-order valence-electron chi connectivity index (χ4n) is 6.09. The molecule has 212 valence electrons. The van der Waals surface area contributed by atoms with Crippen molar-refractivity contribution >= 4 is 35.0 Å². The van der Waals surface area contributed by atoms with Crippen LogP contribution in [0.2, 0.25) is 5.02 Å². The summed E-state index contributed by atoms with van der Waals surface area (Å²) >= 11 is 5.65. The molecule has 2 aromatic carbocycles. The Morgan fingerprint density at radius 1 is 1.07 bits per heavy atom. The molecule has 2 atom stereocenters. The first-order valence-electron chi connectivity index (χ1n) is 12.9. The number of nitrogens with zero attached hydrogens (tertiary/aromatic N) is 1. The van der Waals surface area contributed by atoms with E-state index >= 15 is 0 Å². The Morgan fingerprint density at radius 2 is 1.75 bits per heavy atom. The van der Waals surface area contributed by atoms with E-state index in [1.54, 1.807) is 18.2 Å². The van der Waals surface area contributed by atoms with E-state index in [4.69, 9.17) is 21.1 Å². The second kappa shape index (κ2) is 8.76. The van der Waals surface area contributed by atoms with E-state index in [0.717, 1.165) is 11.6 Å². The molecule has 4 aliphatic carbocycles. The monoisotopic (exact) mass is 577 g/mol. The van der Waals surface area contributed by atoms with Crippen molar-refractivity contribution in [2.75, 3.05) is 18.1 Å². The highest BCUT2D eigenvalue weighted by molar-refractivity contribution is 6.30. The molecule has 40 heavy (non-hydrogen) atoms. The summed E-state index contributed by atoms with van der Waals surface area (Å²) in [6.45, 7) is 2.56. The number of benzene rings is 2. The lowest BCUT2D eigenvalue weighted by Crippen LogP contribution is -2.84. The summed E-state index contributed by atoms with van der Waals surface area (Å²) in [7, 11) is 0.